The Bertz CT molecular complexity index is 840. The Morgan fingerprint density at radius 2 is 1.86 bits per heavy atom. The second-order valence-electron chi connectivity index (χ2n) is 7.08. The number of likely N-dealkylation sites (tertiary alicyclic amines) is 1. The van der Waals surface area contributed by atoms with Gasteiger partial charge in [0.2, 0.25) is 0 Å². The van der Waals surface area contributed by atoms with Crippen molar-refractivity contribution in [2.75, 3.05) is 38.8 Å². The predicted molar refractivity (Wildman–Crippen MR) is 110 cm³/mol. The quantitative estimate of drug-likeness (QED) is 0.787. The minimum Gasteiger partial charge on any atom is -0.445 e. The number of hydrogen-bond donors (Lipinski definition) is 1. The Kier molecular flexibility index (Phi) is 6.28. The number of aryl methyl sites for hydroxylation is 1. The molecule has 1 saturated heterocycles. The Balaban J connectivity index is 1.57. The molecule has 0 saturated carbocycles. The summed E-state index contributed by atoms with van der Waals surface area (Å²) in [7, 11) is 3.39. The summed E-state index contributed by atoms with van der Waals surface area (Å²) >= 11 is 1.67. The average Bonchev–Trinajstić information content (AvgIpc) is 3.09. The number of carbonyl (C=O) groups is 2. The van der Waals surface area contributed by atoms with Gasteiger partial charge in [-0.2, -0.15) is 0 Å². The Labute approximate surface area is 169 Å². The Morgan fingerprint density at radius 3 is 2.43 bits per heavy atom. The average molecular weight is 403 g/mol. The van der Waals surface area contributed by atoms with Crippen LogP contribution in [-0.4, -0.2) is 60.2 Å². The van der Waals surface area contributed by atoms with E-state index in [0.717, 1.165) is 23.4 Å². The van der Waals surface area contributed by atoms with Crippen molar-refractivity contribution >= 4 is 29.4 Å². The van der Waals surface area contributed by atoms with Crippen LogP contribution in [0.4, 0.5) is 10.5 Å². The van der Waals surface area contributed by atoms with Crippen LogP contribution in [0.15, 0.2) is 33.6 Å². The van der Waals surface area contributed by atoms with Gasteiger partial charge in [-0.05, 0) is 50.3 Å². The highest BCUT2D eigenvalue weighted by Gasteiger charge is 2.29. The number of piperidine rings is 1. The van der Waals surface area contributed by atoms with E-state index >= 15 is 0 Å². The zero-order valence-corrected chi connectivity index (χ0v) is 17.5. The monoisotopic (exact) mass is 402 g/mol. The molecule has 1 aliphatic heterocycles. The summed E-state index contributed by atoms with van der Waals surface area (Å²) in [6, 6.07) is 7.71. The van der Waals surface area contributed by atoms with Crippen molar-refractivity contribution in [1.29, 1.82) is 0 Å². The van der Waals surface area contributed by atoms with Crippen molar-refractivity contribution < 1.29 is 14.0 Å². The van der Waals surface area contributed by atoms with Crippen LogP contribution < -0.4 is 5.32 Å². The third kappa shape index (κ3) is 4.49. The number of carbonyl (C=O) groups excluding carboxylic acids is 2. The zero-order chi connectivity index (χ0) is 20.3. The van der Waals surface area contributed by atoms with E-state index in [1.807, 2.05) is 30.5 Å². The van der Waals surface area contributed by atoms with E-state index in [1.54, 1.807) is 37.7 Å². The molecule has 28 heavy (non-hydrogen) atoms. The molecule has 1 aromatic carbocycles. The summed E-state index contributed by atoms with van der Waals surface area (Å²) in [5.41, 5.74) is 1.16. The van der Waals surface area contributed by atoms with Crippen LogP contribution in [-0.2, 0) is 0 Å². The van der Waals surface area contributed by atoms with Crippen LogP contribution in [0.5, 0.6) is 0 Å². The van der Waals surface area contributed by atoms with E-state index in [4.69, 9.17) is 4.42 Å². The third-order valence-electron chi connectivity index (χ3n) is 4.89. The molecule has 1 fully saturated rings. The first-order valence-electron chi connectivity index (χ1n) is 9.28. The van der Waals surface area contributed by atoms with Crippen molar-refractivity contribution in [1.82, 2.24) is 14.8 Å². The molecule has 2 aromatic rings. The number of anilines is 1. The highest BCUT2D eigenvalue weighted by atomic mass is 32.2. The van der Waals surface area contributed by atoms with E-state index in [0.29, 0.717) is 30.4 Å². The van der Waals surface area contributed by atoms with Gasteiger partial charge in [0.15, 0.2) is 11.6 Å². The summed E-state index contributed by atoms with van der Waals surface area (Å²) < 4.78 is 5.76. The molecule has 0 atom stereocenters. The number of nitrogens with zero attached hydrogens (tertiary/aromatic N) is 3. The number of nitrogens with one attached hydrogen (secondary N) is 1. The lowest BCUT2D eigenvalue weighted by molar-refractivity contribution is 0.0821. The van der Waals surface area contributed by atoms with Crippen molar-refractivity contribution in [3.05, 3.63) is 41.6 Å². The van der Waals surface area contributed by atoms with Crippen LogP contribution in [0, 0.1) is 6.92 Å². The van der Waals surface area contributed by atoms with Gasteiger partial charge in [-0.25, -0.2) is 9.78 Å². The van der Waals surface area contributed by atoms with Gasteiger partial charge in [0.1, 0.15) is 5.76 Å². The molecule has 150 valence electrons. The summed E-state index contributed by atoms with van der Waals surface area (Å²) in [6.45, 7) is 3.01. The highest BCUT2D eigenvalue weighted by Crippen LogP contribution is 2.29. The van der Waals surface area contributed by atoms with Gasteiger partial charge < -0.3 is 19.5 Å². The fourth-order valence-electron chi connectivity index (χ4n) is 3.21. The van der Waals surface area contributed by atoms with Crippen molar-refractivity contribution in [2.24, 2.45) is 0 Å². The third-order valence-corrected chi connectivity index (χ3v) is 5.64. The molecule has 0 unspecified atom stereocenters. The number of hydrogen-bond acceptors (Lipinski definition) is 5. The van der Waals surface area contributed by atoms with Gasteiger partial charge in [-0.3, -0.25) is 4.79 Å². The summed E-state index contributed by atoms with van der Waals surface area (Å²) in [5, 5.41) is 2.95. The zero-order valence-electron chi connectivity index (χ0n) is 16.7. The molecule has 7 nitrogen and oxygen atoms in total. The first-order valence-corrected chi connectivity index (χ1v) is 10.5. The maximum absolute atomic E-state index is 12.5. The van der Waals surface area contributed by atoms with Gasteiger partial charge in [-0.15, -0.1) is 11.8 Å². The molecule has 2 heterocycles. The highest BCUT2D eigenvalue weighted by molar-refractivity contribution is 7.98. The number of benzene rings is 1. The van der Waals surface area contributed by atoms with E-state index in [2.05, 4.69) is 10.3 Å². The molecular formula is C20H26N4O3S. The van der Waals surface area contributed by atoms with Crippen LogP contribution >= 0.6 is 11.8 Å². The standard InChI is InChI=1S/C20H26N4O3S/c1-13-17(19(25)23(2)3)22-18(27-13)14-9-11-24(12-10-14)20(26)21-15-5-7-16(28-4)8-6-15/h5-8,14H,9-12H2,1-4H3,(H,21,26). The summed E-state index contributed by atoms with van der Waals surface area (Å²) in [4.78, 5) is 33.6. The van der Waals surface area contributed by atoms with Gasteiger partial charge in [0.05, 0.1) is 0 Å². The fourth-order valence-corrected chi connectivity index (χ4v) is 3.62. The van der Waals surface area contributed by atoms with Crippen molar-refractivity contribution in [3.8, 4) is 0 Å². The van der Waals surface area contributed by atoms with E-state index in [-0.39, 0.29) is 17.9 Å². The predicted octanol–water partition coefficient (Wildman–Crippen LogP) is 3.82. The summed E-state index contributed by atoms with van der Waals surface area (Å²) in [6.07, 6.45) is 3.54. The van der Waals surface area contributed by atoms with E-state index < -0.39 is 0 Å². The number of urea groups is 1. The minimum absolute atomic E-state index is 0.0950. The van der Waals surface area contributed by atoms with Gasteiger partial charge in [0.25, 0.3) is 5.91 Å². The number of amides is 3. The molecule has 8 heteroatoms. The summed E-state index contributed by atoms with van der Waals surface area (Å²) in [5.74, 6) is 1.10. The topological polar surface area (TPSA) is 78.7 Å². The Hall–Kier alpha value is -2.48. The largest absolute Gasteiger partial charge is 0.445 e. The molecule has 3 amide bonds. The van der Waals surface area contributed by atoms with E-state index in [1.165, 1.54) is 4.90 Å². The first kappa shape index (κ1) is 20.3. The van der Waals surface area contributed by atoms with Gasteiger partial charge in [0, 0.05) is 43.7 Å². The van der Waals surface area contributed by atoms with Crippen molar-refractivity contribution in [3.63, 3.8) is 0 Å². The second kappa shape index (κ2) is 8.68. The lowest BCUT2D eigenvalue weighted by Crippen LogP contribution is -2.40. The molecule has 0 radical (unpaired) electrons. The maximum Gasteiger partial charge on any atom is 0.321 e. The molecule has 0 bridgehead atoms. The number of oxazole rings is 1. The van der Waals surface area contributed by atoms with E-state index in [9.17, 15) is 9.59 Å². The molecule has 1 aliphatic rings. The maximum atomic E-state index is 12.5. The van der Waals surface area contributed by atoms with Crippen LogP contribution in [0.3, 0.4) is 0 Å². The van der Waals surface area contributed by atoms with Crippen LogP contribution in [0.2, 0.25) is 0 Å². The van der Waals surface area contributed by atoms with Crippen LogP contribution in [0.25, 0.3) is 0 Å². The SMILES string of the molecule is CSc1ccc(NC(=O)N2CCC(c3nc(C(=O)N(C)C)c(C)o3)CC2)cc1. The molecule has 1 N–H and O–H groups in total. The molecule has 0 aliphatic carbocycles. The van der Waals surface area contributed by atoms with Crippen LogP contribution in [0.1, 0.15) is 40.9 Å². The normalized spacial score (nSPS) is 14.8. The smallest absolute Gasteiger partial charge is 0.321 e. The number of thioether (sulfide) groups is 1. The van der Waals surface area contributed by atoms with Crippen molar-refractivity contribution in [2.45, 2.75) is 30.6 Å². The second-order valence-corrected chi connectivity index (χ2v) is 7.96. The molecule has 1 aromatic heterocycles. The molecule has 0 spiro atoms. The van der Waals surface area contributed by atoms with Gasteiger partial charge >= 0.3 is 6.03 Å². The lowest BCUT2D eigenvalue weighted by Gasteiger charge is -2.30. The Morgan fingerprint density at radius 1 is 1.21 bits per heavy atom. The minimum atomic E-state index is -0.156. The molecule has 3 rings (SSSR count). The molecular weight excluding hydrogens is 376 g/mol. The number of aromatic nitrogens is 1. The lowest BCUT2D eigenvalue weighted by atomic mass is 9.97. The first-order chi connectivity index (χ1) is 13.4. The van der Waals surface area contributed by atoms with Gasteiger partial charge in [-0.1, -0.05) is 0 Å². The fraction of sp³-hybridized carbons (Fsp3) is 0.450. The number of rotatable bonds is 4.